The minimum absolute atomic E-state index is 0.563. The Hall–Kier alpha value is -5.34. The molecule has 0 saturated carbocycles. The van der Waals surface area contributed by atoms with Crippen LogP contribution in [0.15, 0.2) is 170 Å². The van der Waals surface area contributed by atoms with E-state index in [9.17, 15) is 0 Å². The van der Waals surface area contributed by atoms with Crippen LogP contribution in [0.3, 0.4) is 0 Å². The molecular formula is C40H30N2. The van der Waals surface area contributed by atoms with Gasteiger partial charge in [-0.25, -0.2) is 0 Å². The predicted molar refractivity (Wildman–Crippen MR) is 178 cm³/mol. The van der Waals surface area contributed by atoms with E-state index < -0.39 is 5.66 Å². The van der Waals surface area contributed by atoms with Gasteiger partial charge in [0.05, 0.1) is 16.7 Å². The maximum absolute atomic E-state index is 2.57. The maximum Gasteiger partial charge on any atom is 0.145 e. The first-order valence-corrected chi connectivity index (χ1v) is 14.6. The van der Waals surface area contributed by atoms with E-state index in [-0.39, 0.29) is 0 Å². The van der Waals surface area contributed by atoms with Crippen LogP contribution in [-0.4, -0.2) is 4.57 Å². The van der Waals surface area contributed by atoms with Gasteiger partial charge in [0.15, 0.2) is 0 Å². The summed E-state index contributed by atoms with van der Waals surface area (Å²) in [5.74, 6) is 0. The summed E-state index contributed by atoms with van der Waals surface area (Å²) in [5.41, 5.74) is 6.70. The number of hydrogen-bond acceptors (Lipinski definition) is 1. The highest BCUT2D eigenvalue weighted by molar-refractivity contribution is 6.09. The van der Waals surface area contributed by atoms with Gasteiger partial charge in [-0.1, -0.05) is 133 Å². The Balaban J connectivity index is 1.48. The molecule has 2 nitrogen and oxygen atoms in total. The van der Waals surface area contributed by atoms with Gasteiger partial charge >= 0.3 is 0 Å². The third kappa shape index (κ3) is 3.80. The number of anilines is 2. The Morgan fingerprint density at radius 1 is 0.524 bits per heavy atom. The molecule has 1 aliphatic carbocycles. The van der Waals surface area contributed by atoms with Gasteiger partial charge in [-0.2, -0.15) is 0 Å². The Morgan fingerprint density at radius 3 is 1.76 bits per heavy atom. The lowest BCUT2D eigenvalue weighted by molar-refractivity contribution is 0.403. The number of rotatable bonds is 5. The van der Waals surface area contributed by atoms with E-state index in [0.29, 0.717) is 0 Å². The van der Waals surface area contributed by atoms with E-state index in [1.165, 1.54) is 49.4 Å². The Kier molecular flexibility index (Phi) is 5.79. The first-order valence-electron chi connectivity index (χ1n) is 14.6. The molecule has 0 fully saturated rings. The van der Waals surface area contributed by atoms with Gasteiger partial charge in [-0.05, 0) is 52.9 Å². The number of benzene rings is 6. The number of allylic oxidation sites excluding steroid dienone is 2. The van der Waals surface area contributed by atoms with Gasteiger partial charge in [-0.15, -0.1) is 0 Å². The lowest BCUT2D eigenvalue weighted by Gasteiger charge is -2.47. The topological polar surface area (TPSA) is 8.17 Å². The normalized spacial score (nSPS) is 16.6. The van der Waals surface area contributed by atoms with E-state index in [0.717, 1.165) is 12.1 Å². The molecule has 2 heteroatoms. The van der Waals surface area contributed by atoms with Crippen molar-refractivity contribution in [3.05, 3.63) is 175 Å². The highest BCUT2D eigenvalue weighted by Crippen LogP contribution is 2.48. The van der Waals surface area contributed by atoms with Crippen molar-refractivity contribution in [2.24, 2.45) is 0 Å². The van der Waals surface area contributed by atoms with Crippen molar-refractivity contribution in [1.82, 2.24) is 4.57 Å². The van der Waals surface area contributed by atoms with Gasteiger partial charge in [0.2, 0.25) is 0 Å². The van der Waals surface area contributed by atoms with Crippen LogP contribution in [-0.2, 0) is 5.66 Å². The number of fused-ring (bicyclic) bond motifs is 4. The Labute approximate surface area is 246 Å². The lowest BCUT2D eigenvalue weighted by Crippen LogP contribution is -2.47. The van der Waals surface area contributed by atoms with Crippen LogP contribution < -0.4 is 4.90 Å². The van der Waals surface area contributed by atoms with Crippen LogP contribution in [0.2, 0.25) is 0 Å². The molecule has 42 heavy (non-hydrogen) atoms. The van der Waals surface area contributed by atoms with Crippen molar-refractivity contribution >= 4 is 49.5 Å². The molecule has 0 N–H and O–H groups in total. The molecule has 0 bridgehead atoms. The van der Waals surface area contributed by atoms with E-state index in [4.69, 9.17) is 0 Å². The number of aromatic nitrogens is 1. The first kappa shape index (κ1) is 24.5. The van der Waals surface area contributed by atoms with Crippen molar-refractivity contribution in [3.8, 4) is 0 Å². The second-order valence-electron chi connectivity index (χ2n) is 11.0. The van der Waals surface area contributed by atoms with Gasteiger partial charge in [0, 0.05) is 28.3 Å². The van der Waals surface area contributed by atoms with Crippen LogP contribution in [0.25, 0.3) is 38.2 Å². The van der Waals surface area contributed by atoms with Gasteiger partial charge < -0.3 is 9.47 Å². The van der Waals surface area contributed by atoms with Crippen LogP contribution in [0, 0.1) is 0 Å². The van der Waals surface area contributed by atoms with E-state index in [2.05, 4.69) is 179 Å². The molecule has 1 atom stereocenters. The first-order chi connectivity index (χ1) is 20.8. The summed E-state index contributed by atoms with van der Waals surface area (Å²) in [6, 6.07) is 54.6. The van der Waals surface area contributed by atoms with Crippen molar-refractivity contribution < 1.29 is 0 Å². The SMILES string of the molecule is C1=CC(N(c2ccccc2)c2cccc3ccccc23)(n2c3ccccc3c3ccccc32)CC=C1c1ccccc1. The quantitative estimate of drug-likeness (QED) is 0.212. The number of para-hydroxylation sites is 3. The molecule has 0 saturated heterocycles. The van der Waals surface area contributed by atoms with Crippen LogP contribution >= 0.6 is 0 Å². The Morgan fingerprint density at radius 2 is 1.10 bits per heavy atom. The van der Waals surface area contributed by atoms with Crippen molar-refractivity contribution in [2.45, 2.75) is 12.1 Å². The van der Waals surface area contributed by atoms with Gasteiger partial charge in [-0.3, -0.25) is 0 Å². The minimum Gasteiger partial charge on any atom is -0.313 e. The maximum atomic E-state index is 2.57. The summed E-state index contributed by atoms with van der Waals surface area (Å²) in [6.07, 6.45) is 7.96. The number of hydrogen-bond donors (Lipinski definition) is 0. The molecule has 1 aromatic heterocycles. The monoisotopic (exact) mass is 538 g/mol. The van der Waals surface area contributed by atoms with E-state index >= 15 is 0 Å². The highest BCUT2D eigenvalue weighted by Gasteiger charge is 2.41. The smallest absolute Gasteiger partial charge is 0.145 e. The fourth-order valence-corrected chi connectivity index (χ4v) is 6.79. The largest absolute Gasteiger partial charge is 0.313 e. The molecule has 0 aliphatic heterocycles. The predicted octanol–water partition coefficient (Wildman–Crippen LogP) is 10.5. The molecule has 200 valence electrons. The van der Waals surface area contributed by atoms with Gasteiger partial charge in [0.25, 0.3) is 0 Å². The fraction of sp³-hybridized carbons (Fsp3) is 0.0500. The van der Waals surface area contributed by atoms with E-state index in [1.54, 1.807) is 0 Å². The summed E-state index contributed by atoms with van der Waals surface area (Å²) >= 11 is 0. The van der Waals surface area contributed by atoms with Crippen LogP contribution in [0.5, 0.6) is 0 Å². The average molecular weight is 539 g/mol. The molecule has 8 rings (SSSR count). The van der Waals surface area contributed by atoms with Crippen LogP contribution in [0.4, 0.5) is 11.4 Å². The fourth-order valence-electron chi connectivity index (χ4n) is 6.79. The van der Waals surface area contributed by atoms with Gasteiger partial charge in [0.1, 0.15) is 5.66 Å². The standard InChI is InChI=1S/C40H30N2/c1-3-14-30(15-4-1)31-26-28-40(29-27-31,42-38-23-11-9-21-35(38)36-22-10-12-24-39(36)42)41(33-18-5-2-6-19-33)37-25-13-17-32-16-7-8-20-34(32)37/h1-28H,29H2. The lowest BCUT2D eigenvalue weighted by atomic mass is 9.89. The summed E-state index contributed by atoms with van der Waals surface area (Å²) in [5, 5.41) is 5.00. The summed E-state index contributed by atoms with van der Waals surface area (Å²) in [4.78, 5) is 2.56. The molecular weight excluding hydrogens is 508 g/mol. The van der Waals surface area contributed by atoms with E-state index in [1.807, 2.05) is 0 Å². The molecule has 6 aromatic carbocycles. The molecule has 1 unspecified atom stereocenters. The zero-order valence-corrected chi connectivity index (χ0v) is 23.3. The molecule has 1 aliphatic rings. The average Bonchev–Trinajstić information content (AvgIpc) is 3.41. The zero-order chi connectivity index (χ0) is 27.9. The molecule has 1 heterocycles. The summed E-state index contributed by atoms with van der Waals surface area (Å²) in [6.45, 7) is 0. The zero-order valence-electron chi connectivity index (χ0n) is 23.3. The van der Waals surface area contributed by atoms with Crippen molar-refractivity contribution in [1.29, 1.82) is 0 Å². The highest BCUT2D eigenvalue weighted by atomic mass is 15.4. The third-order valence-electron chi connectivity index (χ3n) is 8.64. The molecule has 7 aromatic rings. The minimum atomic E-state index is -0.563. The molecule has 0 amide bonds. The Bertz CT molecular complexity index is 2060. The number of nitrogens with zero attached hydrogens (tertiary/aromatic N) is 2. The second kappa shape index (κ2) is 9.94. The van der Waals surface area contributed by atoms with Crippen molar-refractivity contribution in [2.75, 3.05) is 4.90 Å². The third-order valence-corrected chi connectivity index (χ3v) is 8.64. The summed E-state index contributed by atoms with van der Waals surface area (Å²) in [7, 11) is 0. The molecule has 0 radical (unpaired) electrons. The van der Waals surface area contributed by atoms with Crippen LogP contribution in [0.1, 0.15) is 12.0 Å². The second-order valence-corrected chi connectivity index (χ2v) is 11.0. The molecule has 0 spiro atoms. The summed E-state index contributed by atoms with van der Waals surface area (Å²) < 4.78 is 2.57. The van der Waals surface area contributed by atoms with Crippen molar-refractivity contribution in [3.63, 3.8) is 0 Å².